The van der Waals surface area contributed by atoms with Crippen molar-refractivity contribution >= 4 is 23.7 Å². The van der Waals surface area contributed by atoms with Crippen molar-refractivity contribution in [1.29, 1.82) is 0 Å². The summed E-state index contributed by atoms with van der Waals surface area (Å²) in [5.74, 6) is -2.80. The fraction of sp³-hybridized carbons (Fsp3) is 0.333. The number of rotatable bonds is 3. The van der Waals surface area contributed by atoms with Crippen molar-refractivity contribution < 1.29 is 13.2 Å². The third-order valence-corrected chi connectivity index (χ3v) is 4.61. The zero-order chi connectivity index (χ0) is 14.8. The lowest BCUT2D eigenvalue weighted by molar-refractivity contribution is 0.193. The number of thiophene rings is 1. The van der Waals surface area contributed by atoms with Gasteiger partial charge in [0, 0.05) is 36.6 Å². The molecule has 120 valence electrons. The predicted molar refractivity (Wildman–Crippen MR) is 84.2 cm³/mol. The molecule has 0 aliphatic carbocycles. The summed E-state index contributed by atoms with van der Waals surface area (Å²) in [6, 6.07) is 4.92. The lowest BCUT2D eigenvalue weighted by atomic mass is 10.0. The Balaban J connectivity index is 0.00000176. The topological polar surface area (TPSA) is 15.3 Å². The Hall–Kier alpha value is -1.08. The molecule has 0 unspecified atom stereocenters. The lowest BCUT2D eigenvalue weighted by Gasteiger charge is -2.35. The van der Waals surface area contributed by atoms with Gasteiger partial charge in [0.25, 0.3) is 0 Å². The molecule has 1 aliphatic rings. The largest absolute Gasteiger partial charge is 0.314 e. The smallest absolute Gasteiger partial charge is 0.166 e. The first kappa shape index (κ1) is 17.3. The van der Waals surface area contributed by atoms with Crippen molar-refractivity contribution in [2.45, 2.75) is 6.04 Å². The molecule has 1 atom stereocenters. The van der Waals surface area contributed by atoms with Crippen LogP contribution in [0.4, 0.5) is 13.2 Å². The Labute approximate surface area is 137 Å². The highest BCUT2D eigenvalue weighted by molar-refractivity contribution is 7.10. The molecule has 3 rings (SSSR count). The summed E-state index contributed by atoms with van der Waals surface area (Å²) >= 11 is 1.42. The molecule has 0 amide bonds. The molecule has 0 bridgehead atoms. The molecule has 22 heavy (non-hydrogen) atoms. The average Bonchev–Trinajstić information content (AvgIpc) is 3.02. The first-order valence-corrected chi connectivity index (χ1v) is 7.68. The van der Waals surface area contributed by atoms with Crippen LogP contribution in [0, 0.1) is 17.5 Å². The Morgan fingerprint density at radius 1 is 1.05 bits per heavy atom. The number of nitrogens with one attached hydrogen (secondary N) is 1. The summed E-state index contributed by atoms with van der Waals surface area (Å²) in [5, 5.41) is 5.07. The van der Waals surface area contributed by atoms with Gasteiger partial charge in [-0.25, -0.2) is 13.2 Å². The maximum absolute atomic E-state index is 14.2. The standard InChI is InChI=1S/C15H15F3N2S.ClH/c16-10-3-4-11(17)14(18)13(10)15(12-2-1-9-21-12)20-7-5-19-6-8-20;/h1-4,9,15,19H,5-8H2;1H/t15-;/m0./s1. The van der Waals surface area contributed by atoms with E-state index in [4.69, 9.17) is 0 Å². The second kappa shape index (κ2) is 7.46. The van der Waals surface area contributed by atoms with Crippen LogP contribution < -0.4 is 5.32 Å². The molecular weight excluding hydrogens is 333 g/mol. The van der Waals surface area contributed by atoms with E-state index in [1.54, 1.807) is 0 Å². The van der Waals surface area contributed by atoms with Crippen molar-refractivity contribution in [3.63, 3.8) is 0 Å². The lowest BCUT2D eigenvalue weighted by Crippen LogP contribution is -2.45. The zero-order valence-corrected chi connectivity index (χ0v) is 13.3. The number of hydrogen-bond donors (Lipinski definition) is 1. The first-order valence-electron chi connectivity index (χ1n) is 6.80. The molecule has 0 radical (unpaired) electrons. The van der Waals surface area contributed by atoms with Crippen molar-refractivity contribution in [2.24, 2.45) is 0 Å². The number of piperazine rings is 1. The SMILES string of the molecule is Cl.Fc1ccc(F)c([C@H](c2cccs2)N2CCNCC2)c1F. The van der Waals surface area contributed by atoms with Gasteiger partial charge in [-0.15, -0.1) is 23.7 Å². The second-order valence-electron chi connectivity index (χ2n) is 4.96. The molecule has 2 aromatic rings. The molecule has 1 fully saturated rings. The van der Waals surface area contributed by atoms with Crippen LogP contribution in [-0.4, -0.2) is 31.1 Å². The quantitative estimate of drug-likeness (QED) is 0.853. The van der Waals surface area contributed by atoms with Crippen LogP contribution in [0.2, 0.25) is 0 Å². The van der Waals surface area contributed by atoms with Gasteiger partial charge in [-0.1, -0.05) is 6.07 Å². The van der Waals surface area contributed by atoms with Gasteiger partial charge in [-0.2, -0.15) is 0 Å². The Morgan fingerprint density at radius 3 is 2.36 bits per heavy atom. The van der Waals surface area contributed by atoms with E-state index in [0.717, 1.165) is 30.1 Å². The Morgan fingerprint density at radius 2 is 1.73 bits per heavy atom. The van der Waals surface area contributed by atoms with E-state index in [9.17, 15) is 13.2 Å². The van der Waals surface area contributed by atoms with Gasteiger partial charge in [0.1, 0.15) is 5.82 Å². The summed E-state index contributed by atoms with van der Waals surface area (Å²) in [5.41, 5.74) is -0.195. The summed E-state index contributed by atoms with van der Waals surface area (Å²) in [7, 11) is 0. The molecular formula is C15H16ClF3N2S. The Bertz CT molecular complexity index is 616. The molecule has 2 heterocycles. The highest BCUT2D eigenvalue weighted by Gasteiger charge is 2.30. The van der Waals surface area contributed by atoms with Crippen molar-refractivity contribution in [2.75, 3.05) is 26.2 Å². The van der Waals surface area contributed by atoms with Crippen LogP contribution in [0.15, 0.2) is 29.6 Å². The van der Waals surface area contributed by atoms with Gasteiger partial charge in [0.2, 0.25) is 0 Å². The van der Waals surface area contributed by atoms with Crippen LogP contribution in [-0.2, 0) is 0 Å². The minimum absolute atomic E-state index is 0. The minimum atomic E-state index is -1.09. The minimum Gasteiger partial charge on any atom is -0.314 e. The van der Waals surface area contributed by atoms with Crippen molar-refractivity contribution in [3.8, 4) is 0 Å². The molecule has 0 spiro atoms. The summed E-state index contributed by atoms with van der Waals surface area (Å²) in [4.78, 5) is 2.81. The van der Waals surface area contributed by atoms with E-state index in [1.165, 1.54) is 11.3 Å². The van der Waals surface area contributed by atoms with Crippen LogP contribution in [0.5, 0.6) is 0 Å². The first-order chi connectivity index (χ1) is 10.2. The summed E-state index contributed by atoms with van der Waals surface area (Å²) in [6.45, 7) is 2.83. The number of halogens is 4. The predicted octanol–water partition coefficient (Wildman–Crippen LogP) is 3.58. The molecule has 2 nitrogen and oxygen atoms in total. The molecule has 1 aliphatic heterocycles. The Kier molecular flexibility index (Phi) is 5.86. The van der Waals surface area contributed by atoms with E-state index >= 15 is 0 Å². The average molecular weight is 349 g/mol. The summed E-state index contributed by atoms with van der Waals surface area (Å²) < 4.78 is 41.9. The number of benzene rings is 1. The van der Waals surface area contributed by atoms with Gasteiger partial charge in [0.15, 0.2) is 11.6 Å². The van der Waals surface area contributed by atoms with Gasteiger partial charge < -0.3 is 5.32 Å². The van der Waals surface area contributed by atoms with Crippen molar-refractivity contribution in [3.05, 3.63) is 57.5 Å². The van der Waals surface area contributed by atoms with Crippen LogP contribution in [0.1, 0.15) is 16.5 Å². The van der Waals surface area contributed by atoms with Crippen LogP contribution >= 0.6 is 23.7 Å². The van der Waals surface area contributed by atoms with E-state index < -0.39 is 23.5 Å². The highest BCUT2D eigenvalue weighted by atomic mass is 35.5. The zero-order valence-electron chi connectivity index (χ0n) is 11.7. The van der Waals surface area contributed by atoms with E-state index in [-0.39, 0.29) is 18.0 Å². The third-order valence-electron chi connectivity index (χ3n) is 3.68. The van der Waals surface area contributed by atoms with Crippen molar-refractivity contribution in [1.82, 2.24) is 10.2 Å². The van der Waals surface area contributed by atoms with Crippen LogP contribution in [0.3, 0.4) is 0 Å². The van der Waals surface area contributed by atoms with Crippen LogP contribution in [0.25, 0.3) is 0 Å². The molecule has 1 N–H and O–H groups in total. The maximum atomic E-state index is 14.2. The second-order valence-corrected chi connectivity index (χ2v) is 5.94. The number of hydrogen-bond acceptors (Lipinski definition) is 3. The van der Waals surface area contributed by atoms with Gasteiger partial charge in [0.05, 0.1) is 6.04 Å². The third kappa shape index (κ3) is 3.30. The van der Waals surface area contributed by atoms with E-state index in [2.05, 4.69) is 5.32 Å². The fourth-order valence-electron chi connectivity index (χ4n) is 2.69. The van der Waals surface area contributed by atoms with Gasteiger partial charge >= 0.3 is 0 Å². The number of nitrogens with zero attached hydrogens (tertiary/aromatic N) is 1. The van der Waals surface area contributed by atoms with E-state index in [0.29, 0.717) is 13.1 Å². The van der Waals surface area contributed by atoms with E-state index in [1.807, 2.05) is 22.4 Å². The fourth-order valence-corrected chi connectivity index (χ4v) is 3.55. The molecule has 1 aromatic carbocycles. The highest BCUT2D eigenvalue weighted by Crippen LogP contribution is 2.35. The molecule has 1 aromatic heterocycles. The maximum Gasteiger partial charge on any atom is 0.166 e. The summed E-state index contributed by atoms with van der Waals surface area (Å²) in [6.07, 6.45) is 0. The van der Waals surface area contributed by atoms with Gasteiger partial charge in [-0.05, 0) is 23.6 Å². The molecule has 1 saturated heterocycles. The normalized spacial score (nSPS) is 17.0. The monoisotopic (exact) mass is 348 g/mol. The molecule has 7 heteroatoms. The molecule has 0 saturated carbocycles. The van der Waals surface area contributed by atoms with Gasteiger partial charge in [-0.3, -0.25) is 4.90 Å².